The van der Waals surface area contributed by atoms with Crippen LogP contribution in [0.25, 0.3) is 0 Å². The van der Waals surface area contributed by atoms with Gasteiger partial charge in [0.25, 0.3) is 0 Å². The third-order valence-corrected chi connectivity index (χ3v) is 4.85. The minimum atomic E-state index is -1.02. The van der Waals surface area contributed by atoms with E-state index in [1.807, 2.05) is 0 Å². The molecule has 2 atom stereocenters. The van der Waals surface area contributed by atoms with Gasteiger partial charge < -0.3 is 29.4 Å². The number of nitrogens with two attached hydrogens (primary N) is 1. The van der Waals surface area contributed by atoms with Gasteiger partial charge in [0.05, 0.1) is 0 Å². The molecule has 0 saturated heterocycles. The maximum absolute atomic E-state index is 12.3. The van der Waals surface area contributed by atoms with Gasteiger partial charge in [-0.2, -0.15) is 0 Å². The van der Waals surface area contributed by atoms with E-state index >= 15 is 0 Å². The van der Waals surface area contributed by atoms with Crippen LogP contribution in [0, 0.1) is 0 Å². The lowest BCUT2D eigenvalue weighted by Gasteiger charge is -2.22. The summed E-state index contributed by atoms with van der Waals surface area (Å²) in [6.45, 7) is 3.84. The first-order chi connectivity index (χ1) is 15.6. The predicted molar refractivity (Wildman–Crippen MR) is 116 cm³/mol. The van der Waals surface area contributed by atoms with E-state index in [9.17, 15) is 19.2 Å². The Morgan fingerprint density at radius 2 is 1.64 bits per heavy atom. The number of hydrogen-bond acceptors (Lipinski definition) is 10. The molecular formula is C23H31NO9. The van der Waals surface area contributed by atoms with Crippen molar-refractivity contribution in [2.24, 2.45) is 5.73 Å². The zero-order valence-electron chi connectivity index (χ0n) is 19.2. The summed E-state index contributed by atoms with van der Waals surface area (Å²) in [5.74, 6) is -1.75. The van der Waals surface area contributed by atoms with E-state index in [0.29, 0.717) is 5.56 Å². The summed E-state index contributed by atoms with van der Waals surface area (Å²) in [6, 6.07) is 3.47. The van der Waals surface area contributed by atoms with Gasteiger partial charge in [-0.1, -0.05) is 12.5 Å². The number of rotatable bonds is 9. The molecule has 182 valence electrons. The minimum absolute atomic E-state index is 0.0364. The van der Waals surface area contributed by atoms with Crippen LogP contribution in [-0.2, 0) is 35.0 Å². The van der Waals surface area contributed by atoms with Crippen molar-refractivity contribution in [3.05, 3.63) is 23.8 Å². The van der Waals surface area contributed by atoms with Crippen LogP contribution >= 0.6 is 0 Å². The molecule has 1 aromatic carbocycles. The molecule has 0 unspecified atom stereocenters. The van der Waals surface area contributed by atoms with Crippen molar-refractivity contribution in [1.29, 1.82) is 0 Å². The topological polar surface area (TPSA) is 140 Å². The van der Waals surface area contributed by atoms with Crippen LogP contribution in [0.5, 0.6) is 11.5 Å². The minimum Gasteiger partial charge on any atom is -0.461 e. The van der Waals surface area contributed by atoms with Crippen LogP contribution in [0.3, 0.4) is 0 Å². The van der Waals surface area contributed by atoms with Crippen molar-refractivity contribution >= 4 is 24.1 Å². The summed E-state index contributed by atoms with van der Waals surface area (Å²) in [5.41, 5.74) is 6.49. The second kappa shape index (κ2) is 12.8. The Bertz CT molecular complexity index is 848. The maximum atomic E-state index is 12.3. The molecule has 0 bridgehead atoms. The van der Waals surface area contributed by atoms with E-state index in [-0.39, 0.29) is 30.6 Å². The lowest BCUT2D eigenvalue weighted by atomic mass is 9.98. The Balaban J connectivity index is 1.83. The molecule has 1 fully saturated rings. The van der Waals surface area contributed by atoms with Gasteiger partial charge >= 0.3 is 24.1 Å². The van der Waals surface area contributed by atoms with Crippen molar-refractivity contribution in [1.82, 2.24) is 0 Å². The van der Waals surface area contributed by atoms with Crippen LogP contribution in [0.15, 0.2) is 18.2 Å². The fourth-order valence-corrected chi connectivity index (χ4v) is 3.34. The highest BCUT2D eigenvalue weighted by atomic mass is 16.7. The molecule has 0 aliphatic heterocycles. The largest absolute Gasteiger partial charge is 0.508 e. The molecule has 1 aliphatic rings. The SMILES string of the molecule is CC(=O)Oc1ccc(C[C@H](N)C(=O)OC[C@H](C)OC(=O)OC2CCCCC2)cc1OC(C)=O. The summed E-state index contributed by atoms with van der Waals surface area (Å²) >= 11 is 0. The molecule has 0 spiro atoms. The molecule has 0 heterocycles. The number of carbonyl (C=O) groups is 4. The molecule has 0 aromatic heterocycles. The summed E-state index contributed by atoms with van der Waals surface area (Å²) in [6.07, 6.45) is 3.32. The molecule has 33 heavy (non-hydrogen) atoms. The molecule has 0 amide bonds. The van der Waals surface area contributed by atoms with Crippen LogP contribution in [-0.4, -0.2) is 48.9 Å². The number of benzene rings is 1. The van der Waals surface area contributed by atoms with Crippen molar-refractivity contribution in [3.8, 4) is 11.5 Å². The van der Waals surface area contributed by atoms with E-state index in [1.54, 1.807) is 13.0 Å². The number of hydrogen-bond donors (Lipinski definition) is 1. The highest BCUT2D eigenvalue weighted by Gasteiger charge is 2.22. The van der Waals surface area contributed by atoms with E-state index in [1.165, 1.54) is 26.0 Å². The van der Waals surface area contributed by atoms with Gasteiger partial charge in [0.2, 0.25) is 0 Å². The fraction of sp³-hybridized carbons (Fsp3) is 0.565. The summed E-state index contributed by atoms with van der Waals surface area (Å²) in [7, 11) is 0. The molecule has 1 aromatic rings. The predicted octanol–water partition coefficient (Wildman–Crippen LogP) is 2.82. The Morgan fingerprint density at radius 1 is 1.00 bits per heavy atom. The standard InChI is InChI=1S/C23H31NO9/c1-14(30-23(28)33-18-7-5-4-6-8-18)13-29-22(27)19(24)11-17-9-10-20(31-15(2)25)21(12-17)32-16(3)26/h9-10,12,14,18-19H,4-8,11,13,24H2,1-3H3/t14-,19-/m0/s1. The molecule has 2 rings (SSSR count). The first-order valence-corrected chi connectivity index (χ1v) is 10.9. The van der Waals surface area contributed by atoms with Gasteiger partial charge in [0.1, 0.15) is 24.9 Å². The summed E-state index contributed by atoms with van der Waals surface area (Å²) in [5, 5.41) is 0. The van der Waals surface area contributed by atoms with Gasteiger partial charge in [-0.3, -0.25) is 14.4 Å². The van der Waals surface area contributed by atoms with Crippen LogP contribution in [0.4, 0.5) is 4.79 Å². The second-order valence-electron chi connectivity index (χ2n) is 7.97. The quantitative estimate of drug-likeness (QED) is 0.427. The first kappa shape index (κ1) is 26.1. The Morgan fingerprint density at radius 3 is 2.27 bits per heavy atom. The van der Waals surface area contributed by atoms with Crippen LogP contribution in [0.1, 0.15) is 58.4 Å². The highest BCUT2D eigenvalue weighted by molar-refractivity contribution is 5.76. The van der Waals surface area contributed by atoms with E-state index in [2.05, 4.69) is 0 Å². The Labute approximate surface area is 192 Å². The average Bonchev–Trinajstić information content (AvgIpc) is 2.73. The number of esters is 3. The molecule has 1 aliphatic carbocycles. The normalized spacial score (nSPS) is 15.6. The van der Waals surface area contributed by atoms with Gasteiger partial charge in [-0.15, -0.1) is 0 Å². The van der Waals surface area contributed by atoms with E-state index in [0.717, 1.165) is 32.1 Å². The van der Waals surface area contributed by atoms with Crippen LogP contribution in [0.2, 0.25) is 0 Å². The summed E-state index contributed by atoms with van der Waals surface area (Å²) in [4.78, 5) is 46.7. The lowest BCUT2D eigenvalue weighted by molar-refractivity contribution is -0.148. The number of ether oxygens (including phenoxy) is 5. The Kier molecular flexibility index (Phi) is 10.1. The third kappa shape index (κ3) is 9.48. The molecule has 1 saturated carbocycles. The van der Waals surface area contributed by atoms with Gasteiger partial charge in [0.15, 0.2) is 11.5 Å². The van der Waals surface area contributed by atoms with Crippen molar-refractivity contribution in [2.45, 2.75) is 77.5 Å². The van der Waals surface area contributed by atoms with Gasteiger partial charge in [-0.25, -0.2) is 4.79 Å². The third-order valence-electron chi connectivity index (χ3n) is 4.85. The lowest BCUT2D eigenvalue weighted by Crippen LogP contribution is -2.36. The monoisotopic (exact) mass is 465 g/mol. The second-order valence-corrected chi connectivity index (χ2v) is 7.97. The number of carbonyl (C=O) groups excluding carboxylic acids is 4. The zero-order chi connectivity index (χ0) is 24.4. The molecule has 0 radical (unpaired) electrons. The van der Waals surface area contributed by atoms with E-state index in [4.69, 9.17) is 29.4 Å². The first-order valence-electron chi connectivity index (χ1n) is 10.9. The molecule has 10 nitrogen and oxygen atoms in total. The van der Waals surface area contributed by atoms with Crippen LogP contribution < -0.4 is 15.2 Å². The smallest absolute Gasteiger partial charge is 0.461 e. The zero-order valence-corrected chi connectivity index (χ0v) is 19.2. The van der Waals surface area contributed by atoms with Crippen molar-refractivity contribution in [3.63, 3.8) is 0 Å². The van der Waals surface area contributed by atoms with E-state index < -0.39 is 36.2 Å². The fourth-order valence-electron chi connectivity index (χ4n) is 3.34. The summed E-state index contributed by atoms with van der Waals surface area (Å²) < 4.78 is 25.6. The average molecular weight is 465 g/mol. The Hall–Kier alpha value is -3.14. The molecule has 10 heteroatoms. The van der Waals surface area contributed by atoms with Crippen molar-refractivity contribution < 1.29 is 42.9 Å². The van der Waals surface area contributed by atoms with Crippen molar-refractivity contribution in [2.75, 3.05) is 6.61 Å². The molecular weight excluding hydrogens is 434 g/mol. The molecule has 2 N–H and O–H groups in total. The van der Waals surface area contributed by atoms with Gasteiger partial charge in [-0.05, 0) is 56.7 Å². The maximum Gasteiger partial charge on any atom is 0.508 e. The van der Waals surface area contributed by atoms with Gasteiger partial charge in [0, 0.05) is 13.8 Å². The highest BCUT2D eigenvalue weighted by Crippen LogP contribution is 2.29.